The van der Waals surface area contributed by atoms with Crippen LogP contribution in [0, 0.1) is 5.92 Å². The zero-order valence-electron chi connectivity index (χ0n) is 9.67. The Balaban J connectivity index is 1.97. The Morgan fingerprint density at radius 2 is 2.28 bits per heavy atom. The average Bonchev–Trinajstić information content (AvgIpc) is 3.02. The van der Waals surface area contributed by atoms with E-state index in [0.717, 1.165) is 19.3 Å². The standard InChI is InChI=1S/C11H14BrNO3S2/c12-11-10(4-9(6-14)17-11)18(15,16)13-5-7-1-2-8(13)3-7/h4,7-8,14H,1-3,5-6H2. The quantitative estimate of drug-likeness (QED) is 0.907. The molecule has 2 atom stereocenters. The summed E-state index contributed by atoms with van der Waals surface area (Å²) in [5.41, 5.74) is 0. The Kier molecular flexibility index (Phi) is 3.30. The number of rotatable bonds is 3. The number of aliphatic hydroxyl groups excluding tert-OH is 1. The monoisotopic (exact) mass is 351 g/mol. The number of aliphatic hydroxyl groups is 1. The Hall–Kier alpha value is 0.0500. The number of halogens is 1. The van der Waals surface area contributed by atoms with Crippen molar-refractivity contribution < 1.29 is 13.5 Å². The van der Waals surface area contributed by atoms with Crippen LogP contribution in [0.5, 0.6) is 0 Å². The van der Waals surface area contributed by atoms with Gasteiger partial charge in [-0.3, -0.25) is 0 Å². The Morgan fingerprint density at radius 1 is 1.50 bits per heavy atom. The number of sulfonamides is 1. The molecule has 1 N–H and O–H groups in total. The molecule has 1 saturated heterocycles. The third-order valence-electron chi connectivity index (χ3n) is 3.81. The normalized spacial score (nSPS) is 28.1. The number of hydrogen-bond donors (Lipinski definition) is 1. The first kappa shape index (κ1) is 13.1. The summed E-state index contributed by atoms with van der Waals surface area (Å²) in [5, 5.41) is 9.09. The molecule has 1 aliphatic heterocycles. The second-order valence-corrected chi connectivity index (χ2v) is 9.23. The highest BCUT2D eigenvalue weighted by Gasteiger charge is 2.45. The Labute approximate surface area is 119 Å². The van der Waals surface area contributed by atoms with E-state index in [1.54, 1.807) is 10.4 Å². The lowest BCUT2D eigenvalue weighted by Gasteiger charge is -2.25. The van der Waals surface area contributed by atoms with Crippen molar-refractivity contribution in [2.45, 2.75) is 36.8 Å². The highest BCUT2D eigenvalue weighted by atomic mass is 79.9. The molecule has 0 spiro atoms. The van der Waals surface area contributed by atoms with Gasteiger partial charge in [-0.15, -0.1) is 11.3 Å². The summed E-state index contributed by atoms with van der Waals surface area (Å²) >= 11 is 4.58. The van der Waals surface area contributed by atoms with Crippen LogP contribution >= 0.6 is 27.3 Å². The van der Waals surface area contributed by atoms with Crippen molar-refractivity contribution in [1.29, 1.82) is 0 Å². The van der Waals surface area contributed by atoms with Gasteiger partial charge in [-0.05, 0) is 47.2 Å². The van der Waals surface area contributed by atoms with Gasteiger partial charge in [0.1, 0.15) is 4.90 Å². The van der Waals surface area contributed by atoms with Crippen molar-refractivity contribution in [2.75, 3.05) is 6.54 Å². The van der Waals surface area contributed by atoms with E-state index < -0.39 is 10.0 Å². The van der Waals surface area contributed by atoms with Crippen LogP contribution in [0.1, 0.15) is 24.1 Å². The van der Waals surface area contributed by atoms with Crippen molar-refractivity contribution in [3.05, 3.63) is 14.7 Å². The minimum atomic E-state index is -3.40. The number of thiophene rings is 1. The molecule has 4 nitrogen and oxygen atoms in total. The Morgan fingerprint density at radius 3 is 2.78 bits per heavy atom. The average molecular weight is 352 g/mol. The van der Waals surface area contributed by atoms with E-state index in [9.17, 15) is 8.42 Å². The summed E-state index contributed by atoms with van der Waals surface area (Å²) in [5.74, 6) is 0.541. The molecule has 1 aromatic rings. The van der Waals surface area contributed by atoms with Gasteiger partial charge in [0.15, 0.2) is 0 Å². The summed E-state index contributed by atoms with van der Waals surface area (Å²) in [4.78, 5) is 0.980. The van der Waals surface area contributed by atoms with E-state index in [1.165, 1.54) is 11.3 Å². The summed E-state index contributed by atoms with van der Waals surface area (Å²) in [6.07, 6.45) is 3.15. The van der Waals surface area contributed by atoms with Gasteiger partial charge in [0.05, 0.1) is 10.4 Å². The van der Waals surface area contributed by atoms with Crippen molar-refractivity contribution in [3.8, 4) is 0 Å². The molecule has 3 rings (SSSR count). The highest BCUT2D eigenvalue weighted by Crippen LogP contribution is 2.42. The Bertz CT molecular complexity index is 569. The molecular formula is C11H14BrNO3S2. The van der Waals surface area contributed by atoms with E-state index in [-0.39, 0.29) is 12.6 Å². The fraction of sp³-hybridized carbons (Fsp3) is 0.636. The zero-order chi connectivity index (χ0) is 12.9. The van der Waals surface area contributed by atoms with Crippen molar-refractivity contribution in [1.82, 2.24) is 4.31 Å². The lowest BCUT2D eigenvalue weighted by Crippen LogP contribution is -2.37. The van der Waals surface area contributed by atoms with Crippen molar-refractivity contribution in [2.24, 2.45) is 5.92 Å². The molecule has 0 radical (unpaired) electrons. The van der Waals surface area contributed by atoms with E-state index in [2.05, 4.69) is 15.9 Å². The molecule has 18 heavy (non-hydrogen) atoms. The van der Waals surface area contributed by atoms with Crippen LogP contribution in [-0.4, -0.2) is 30.4 Å². The fourth-order valence-corrected chi connectivity index (χ4v) is 7.19. The minimum Gasteiger partial charge on any atom is -0.391 e. The summed E-state index contributed by atoms with van der Waals surface area (Å²) in [6, 6.07) is 1.76. The van der Waals surface area contributed by atoms with Gasteiger partial charge in [-0.25, -0.2) is 8.42 Å². The maximum Gasteiger partial charge on any atom is 0.245 e. The smallest absolute Gasteiger partial charge is 0.245 e. The largest absolute Gasteiger partial charge is 0.391 e. The molecule has 0 amide bonds. The molecule has 1 aliphatic carbocycles. The maximum absolute atomic E-state index is 12.6. The minimum absolute atomic E-state index is 0.120. The summed E-state index contributed by atoms with van der Waals surface area (Å²) in [6.45, 7) is 0.536. The predicted molar refractivity (Wildman–Crippen MR) is 73.0 cm³/mol. The van der Waals surface area contributed by atoms with Crippen LogP contribution in [0.15, 0.2) is 14.7 Å². The number of piperidine rings is 1. The molecule has 2 aliphatic rings. The first-order valence-electron chi connectivity index (χ1n) is 5.93. The first-order chi connectivity index (χ1) is 8.52. The van der Waals surface area contributed by atoms with Crippen LogP contribution < -0.4 is 0 Å². The van der Waals surface area contributed by atoms with Crippen LogP contribution in [0.4, 0.5) is 0 Å². The summed E-state index contributed by atoms with van der Waals surface area (Å²) in [7, 11) is -3.40. The van der Waals surface area contributed by atoms with Gasteiger partial charge in [-0.2, -0.15) is 4.31 Å². The van der Waals surface area contributed by atoms with Crippen LogP contribution in [-0.2, 0) is 16.6 Å². The molecule has 1 saturated carbocycles. The molecule has 1 aromatic heterocycles. The second kappa shape index (κ2) is 4.56. The number of nitrogens with zero attached hydrogens (tertiary/aromatic N) is 1. The highest BCUT2D eigenvalue weighted by molar-refractivity contribution is 9.11. The van der Waals surface area contributed by atoms with Gasteiger partial charge >= 0.3 is 0 Å². The molecule has 2 bridgehead atoms. The first-order valence-corrected chi connectivity index (χ1v) is 8.98. The zero-order valence-corrected chi connectivity index (χ0v) is 12.9. The van der Waals surface area contributed by atoms with Crippen LogP contribution in [0.25, 0.3) is 0 Å². The van der Waals surface area contributed by atoms with E-state index >= 15 is 0 Å². The molecular weight excluding hydrogens is 338 g/mol. The second-order valence-electron chi connectivity index (χ2n) is 4.92. The maximum atomic E-state index is 12.6. The van der Waals surface area contributed by atoms with E-state index in [1.807, 2.05) is 0 Å². The molecule has 2 fully saturated rings. The number of fused-ring (bicyclic) bond motifs is 2. The molecule has 0 aromatic carbocycles. The van der Waals surface area contributed by atoms with Crippen molar-refractivity contribution in [3.63, 3.8) is 0 Å². The third kappa shape index (κ3) is 1.96. The summed E-state index contributed by atoms with van der Waals surface area (Å²) < 4.78 is 27.4. The lowest BCUT2D eigenvalue weighted by atomic mass is 10.1. The van der Waals surface area contributed by atoms with Crippen LogP contribution in [0.3, 0.4) is 0 Å². The topological polar surface area (TPSA) is 57.6 Å². The van der Waals surface area contributed by atoms with Crippen LogP contribution in [0.2, 0.25) is 0 Å². The van der Waals surface area contributed by atoms with Gasteiger partial charge < -0.3 is 5.11 Å². The van der Waals surface area contributed by atoms with Gasteiger partial charge in [0.2, 0.25) is 10.0 Å². The van der Waals surface area contributed by atoms with Crippen molar-refractivity contribution >= 4 is 37.3 Å². The van der Waals surface area contributed by atoms with E-state index in [4.69, 9.17) is 5.11 Å². The molecule has 2 heterocycles. The number of hydrogen-bond acceptors (Lipinski definition) is 4. The molecule has 100 valence electrons. The molecule has 2 unspecified atom stereocenters. The van der Waals surface area contributed by atoms with E-state index in [0.29, 0.717) is 26.0 Å². The van der Waals surface area contributed by atoms with Gasteiger partial charge in [-0.1, -0.05) is 0 Å². The van der Waals surface area contributed by atoms with Gasteiger partial charge in [0, 0.05) is 17.5 Å². The third-order valence-corrected chi connectivity index (χ3v) is 7.96. The van der Waals surface area contributed by atoms with Gasteiger partial charge in [0.25, 0.3) is 0 Å². The predicted octanol–water partition coefficient (Wildman–Crippen LogP) is 2.18. The lowest BCUT2D eigenvalue weighted by molar-refractivity contribution is 0.285. The fourth-order valence-electron chi connectivity index (χ4n) is 2.95. The SMILES string of the molecule is O=S(=O)(c1cc(CO)sc1Br)N1CC2CCC1C2. The molecule has 7 heteroatoms.